The summed E-state index contributed by atoms with van der Waals surface area (Å²) in [4.78, 5) is 0. The summed E-state index contributed by atoms with van der Waals surface area (Å²) in [7, 11) is 2.06. The van der Waals surface area contributed by atoms with Crippen molar-refractivity contribution in [3.8, 4) is 0 Å². The van der Waals surface area contributed by atoms with E-state index in [-0.39, 0.29) is 5.54 Å². The van der Waals surface area contributed by atoms with Gasteiger partial charge in [0.15, 0.2) is 0 Å². The lowest BCUT2D eigenvalue weighted by molar-refractivity contribution is 0.517. The molecule has 1 aromatic carbocycles. The van der Waals surface area contributed by atoms with E-state index in [4.69, 9.17) is 5.73 Å². The van der Waals surface area contributed by atoms with Crippen LogP contribution in [-0.2, 0) is 13.5 Å². The highest BCUT2D eigenvalue weighted by Crippen LogP contribution is 2.27. The zero-order chi connectivity index (χ0) is 11.9. The molecule has 2 rings (SSSR count). The van der Waals surface area contributed by atoms with E-state index >= 15 is 0 Å². The van der Waals surface area contributed by atoms with Crippen molar-refractivity contribution in [2.24, 2.45) is 12.8 Å². The minimum absolute atomic E-state index is 0.158. The molecule has 0 bridgehead atoms. The fourth-order valence-electron chi connectivity index (χ4n) is 2.03. The molecule has 0 unspecified atom stereocenters. The molecule has 0 amide bonds. The average molecular weight is 281 g/mol. The molecule has 0 aliphatic heterocycles. The van der Waals surface area contributed by atoms with Gasteiger partial charge in [-0.2, -0.15) is 0 Å². The third-order valence-corrected chi connectivity index (χ3v) is 3.30. The van der Waals surface area contributed by atoms with Gasteiger partial charge in [0, 0.05) is 34.2 Å². The molecule has 16 heavy (non-hydrogen) atoms. The zero-order valence-electron chi connectivity index (χ0n) is 9.92. The number of rotatable bonds is 2. The first-order chi connectivity index (χ1) is 7.37. The monoisotopic (exact) mass is 280 g/mol. The first-order valence-corrected chi connectivity index (χ1v) is 6.18. The van der Waals surface area contributed by atoms with E-state index in [1.807, 2.05) is 0 Å². The van der Waals surface area contributed by atoms with Crippen molar-refractivity contribution in [1.29, 1.82) is 0 Å². The van der Waals surface area contributed by atoms with Crippen molar-refractivity contribution in [2.45, 2.75) is 25.8 Å². The quantitative estimate of drug-likeness (QED) is 0.900. The number of halogens is 1. The molecule has 86 valence electrons. The molecule has 1 heterocycles. The van der Waals surface area contributed by atoms with Gasteiger partial charge in [-0.3, -0.25) is 0 Å². The van der Waals surface area contributed by atoms with Crippen LogP contribution >= 0.6 is 15.9 Å². The summed E-state index contributed by atoms with van der Waals surface area (Å²) in [6, 6.07) is 6.53. The van der Waals surface area contributed by atoms with E-state index in [1.165, 1.54) is 16.5 Å². The molecule has 2 nitrogen and oxygen atoms in total. The van der Waals surface area contributed by atoms with Crippen molar-refractivity contribution in [3.05, 3.63) is 34.4 Å². The van der Waals surface area contributed by atoms with Gasteiger partial charge in [0.05, 0.1) is 0 Å². The molecular formula is C13H17BrN2. The number of hydrogen-bond donors (Lipinski definition) is 1. The van der Waals surface area contributed by atoms with Gasteiger partial charge in [0.1, 0.15) is 0 Å². The third kappa shape index (κ3) is 2.30. The summed E-state index contributed by atoms with van der Waals surface area (Å²) in [5, 5.41) is 1.25. The SMILES string of the molecule is Cn1cc(Br)c2cc(CC(C)(C)N)ccc21. The fourth-order valence-corrected chi connectivity index (χ4v) is 2.65. The highest BCUT2D eigenvalue weighted by Gasteiger charge is 2.13. The lowest BCUT2D eigenvalue weighted by Gasteiger charge is -2.18. The molecule has 0 atom stereocenters. The number of hydrogen-bond acceptors (Lipinski definition) is 1. The number of nitrogens with two attached hydrogens (primary N) is 1. The third-order valence-electron chi connectivity index (χ3n) is 2.66. The van der Waals surface area contributed by atoms with Gasteiger partial charge in [0.25, 0.3) is 0 Å². The van der Waals surface area contributed by atoms with E-state index in [0.717, 1.165) is 10.9 Å². The molecule has 0 saturated carbocycles. The molecular weight excluding hydrogens is 264 g/mol. The minimum atomic E-state index is -0.158. The fraction of sp³-hybridized carbons (Fsp3) is 0.385. The Balaban J connectivity index is 2.48. The molecule has 0 fully saturated rings. The summed E-state index contributed by atoms with van der Waals surface area (Å²) < 4.78 is 3.26. The van der Waals surface area contributed by atoms with Crippen LogP contribution in [0.5, 0.6) is 0 Å². The van der Waals surface area contributed by atoms with Crippen molar-refractivity contribution < 1.29 is 0 Å². The molecule has 0 radical (unpaired) electrons. The van der Waals surface area contributed by atoms with Crippen LogP contribution in [0.25, 0.3) is 10.9 Å². The number of aryl methyl sites for hydroxylation is 1. The summed E-state index contributed by atoms with van der Waals surface area (Å²) in [5.41, 5.74) is 8.41. The summed E-state index contributed by atoms with van der Waals surface area (Å²) in [6.45, 7) is 4.11. The van der Waals surface area contributed by atoms with Crippen LogP contribution in [0, 0.1) is 0 Å². The van der Waals surface area contributed by atoms with Crippen LogP contribution in [0.2, 0.25) is 0 Å². The van der Waals surface area contributed by atoms with E-state index in [2.05, 4.69) is 65.8 Å². The lowest BCUT2D eigenvalue weighted by atomic mass is 9.95. The molecule has 2 N–H and O–H groups in total. The zero-order valence-corrected chi connectivity index (χ0v) is 11.5. The predicted octanol–water partition coefficient (Wildman–Crippen LogP) is 3.22. The Morgan fingerprint density at radius 2 is 2.06 bits per heavy atom. The van der Waals surface area contributed by atoms with Gasteiger partial charge in [-0.1, -0.05) is 6.07 Å². The normalized spacial score (nSPS) is 12.3. The predicted molar refractivity (Wildman–Crippen MR) is 72.6 cm³/mol. The van der Waals surface area contributed by atoms with Crippen molar-refractivity contribution >= 4 is 26.8 Å². The van der Waals surface area contributed by atoms with Gasteiger partial charge in [-0.05, 0) is 53.9 Å². The van der Waals surface area contributed by atoms with Crippen LogP contribution in [0.3, 0.4) is 0 Å². The highest BCUT2D eigenvalue weighted by atomic mass is 79.9. The molecule has 0 saturated heterocycles. The van der Waals surface area contributed by atoms with Crippen molar-refractivity contribution in [3.63, 3.8) is 0 Å². The molecule has 3 heteroatoms. The number of benzene rings is 1. The summed E-state index contributed by atoms with van der Waals surface area (Å²) >= 11 is 3.58. The Hall–Kier alpha value is -0.800. The standard InChI is InChI=1S/C13H17BrN2/c1-13(2,15)7-9-4-5-12-10(6-9)11(14)8-16(12)3/h4-6,8H,7,15H2,1-3H3. The first-order valence-electron chi connectivity index (χ1n) is 5.39. The highest BCUT2D eigenvalue weighted by molar-refractivity contribution is 9.10. The number of fused-ring (bicyclic) bond motifs is 1. The Morgan fingerprint density at radius 1 is 1.38 bits per heavy atom. The Labute approximate surface area is 105 Å². The van der Waals surface area contributed by atoms with Gasteiger partial charge >= 0.3 is 0 Å². The second kappa shape index (κ2) is 3.90. The van der Waals surface area contributed by atoms with E-state index < -0.39 is 0 Å². The Bertz CT molecular complexity index is 520. The Kier molecular flexibility index (Phi) is 2.84. The van der Waals surface area contributed by atoms with Gasteiger partial charge in [0.2, 0.25) is 0 Å². The smallest absolute Gasteiger partial charge is 0.0489 e. The second-order valence-corrected chi connectivity index (χ2v) is 5.96. The van der Waals surface area contributed by atoms with Gasteiger partial charge in [-0.25, -0.2) is 0 Å². The molecule has 0 spiro atoms. The van der Waals surface area contributed by atoms with Crippen LogP contribution in [0.4, 0.5) is 0 Å². The summed E-state index contributed by atoms with van der Waals surface area (Å²) in [5.74, 6) is 0. The van der Waals surface area contributed by atoms with Gasteiger partial charge < -0.3 is 10.3 Å². The van der Waals surface area contributed by atoms with Crippen LogP contribution < -0.4 is 5.73 Å². The maximum atomic E-state index is 6.04. The topological polar surface area (TPSA) is 30.9 Å². The Morgan fingerprint density at radius 3 is 2.69 bits per heavy atom. The largest absolute Gasteiger partial charge is 0.349 e. The molecule has 0 aliphatic rings. The number of aromatic nitrogens is 1. The molecule has 1 aromatic heterocycles. The molecule has 0 aliphatic carbocycles. The maximum absolute atomic E-state index is 6.04. The van der Waals surface area contributed by atoms with Crippen LogP contribution in [0.15, 0.2) is 28.9 Å². The lowest BCUT2D eigenvalue weighted by Crippen LogP contribution is -2.34. The number of nitrogens with zero attached hydrogens (tertiary/aromatic N) is 1. The maximum Gasteiger partial charge on any atom is 0.0489 e. The summed E-state index contributed by atoms with van der Waals surface area (Å²) in [6.07, 6.45) is 2.98. The second-order valence-electron chi connectivity index (χ2n) is 5.10. The van der Waals surface area contributed by atoms with E-state index in [1.54, 1.807) is 0 Å². The van der Waals surface area contributed by atoms with Crippen molar-refractivity contribution in [2.75, 3.05) is 0 Å². The van der Waals surface area contributed by atoms with E-state index in [0.29, 0.717) is 0 Å². The van der Waals surface area contributed by atoms with E-state index in [9.17, 15) is 0 Å². The van der Waals surface area contributed by atoms with Gasteiger partial charge in [-0.15, -0.1) is 0 Å². The van der Waals surface area contributed by atoms with Crippen LogP contribution in [-0.4, -0.2) is 10.1 Å². The minimum Gasteiger partial charge on any atom is -0.349 e. The average Bonchev–Trinajstić information content (AvgIpc) is 2.40. The van der Waals surface area contributed by atoms with Crippen molar-refractivity contribution in [1.82, 2.24) is 4.57 Å². The van der Waals surface area contributed by atoms with Crippen LogP contribution in [0.1, 0.15) is 19.4 Å². The molecule has 2 aromatic rings. The first kappa shape index (κ1) is 11.7.